The number of aliphatic hydroxyl groups is 2. The van der Waals surface area contributed by atoms with E-state index in [0.717, 1.165) is 0 Å². The van der Waals surface area contributed by atoms with Crippen molar-refractivity contribution in [2.24, 2.45) is 0 Å². The first-order valence-electron chi connectivity index (χ1n) is 9.09. The highest BCUT2D eigenvalue weighted by molar-refractivity contribution is 6.99. The molecule has 2 N–H and O–H groups in total. The molecule has 1 fully saturated rings. The molecule has 0 radical (unpaired) electrons. The van der Waals surface area contributed by atoms with Gasteiger partial charge in [0.25, 0.3) is 8.32 Å². The van der Waals surface area contributed by atoms with Crippen LogP contribution in [0.15, 0.2) is 60.7 Å². The van der Waals surface area contributed by atoms with Gasteiger partial charge in [-0.3, -0.25) is 0 Å². The molecule has 26 heavy (non-hydrogen) atoms. The molecule has 5 heteroatoms. The molecule has 3 rings (SSSR count). The van der Waals surface area contributed by atoms with Gasteiger partial charge in [0.05, 0.1) is 13.2 Å². The van der Waals surface area contributed by atoms with Crippen LogP contribution in [0.2, 0.25) is 5.04 Å². The maximum Gasteiger partial charge on any atom is 0.261 e. The van der Waals surface area contributed by atoms with Crippen molar-refractivity contribution in [3.05, 3.63) is 60.7 Å². The predicted octanol–water partition coefficient (Wildman–Crippen LogP) is 1.68. The van der Waals surface area contributed by atoms with E-state index in [1.165, 1.54) is 10.4 Å². The molecule has 1 aliphatic rings. The summed E-state index contributed by atoms with van der Waals surface area (Å²) in [5.74, 6) is 0. The first-order valence-corrected chi connectivity index (χ1v) is 11.0. The van der Waals surface area contributed by atoms with Crippen molar-refractivity contribution in [3.63, 3.8) is 0 Å². The van der Waals surface area contributed by atoms with Gasteiger partial charge < -0.3 is 19.4 Å². The lowest BCUT2D eigenvalue weighted by Gasteiger charge is -2.43. The average molecular weight is 373 g/mol. The lowest BCUT2D eigenvalue weighted by molar-refractivity contribution is -0.00215. The number of hydrogen-bond donors (Lipinski definition) is 2. The van der Waals surface area contributed by atoms with Crippen LogP contribution in [-0.2, 0) is 9.16 Å². The number of ether oxygens (including phenoxy) is 1. The molecule has 0 saturated carbocycles. The molecule has 0 aromatic heterocycles. The molecule has 2 aromatic carbocycles. The SMILES string of the molecule is CC(C)(C)[Si](OC[C@H]1OC[C@H](O)[C@H]1O)(c1ccccc1)c1ccccc1. The fraction of sp³-hybridized carbons (Fsp3) is 0.429. The van der Waals surface area contributed by atoms with Crippen LogP contribution < -0.4 is 10.4 Å². The van der Waals surface area contributed by atoms with Crippen LogP contribution in [0.25, 0.3) is 0 Å². The smallest absolute Gasteiger partial charge is 0.261 e. The zero-order valence-corrected chi connectivity index (χ0v) is 16.6. The van der Waals surface area contributed by atoms with Crippen LogP contribution in [0.5, 0.6) is 0 Å². The van der Waals surface area contributed by atoms with Gasteiger partial charge in [0.15, 0.2) is 0 Å². The van der Waals surface area contributed by atoms with E-state index in [9.17, 15) is 10.2 Å². The first kappa shape index (κ1) is 19.3. The summed E-state index contributed by atoms with van der Waals surface area (Å²) in [7, 11) is -2.64. The highest BCUT2D eigenvalue weighted by Gasteiger charge is 2.51. The lowest BCUT2D eigenvalue weighted by Crippen LogP contribution is -2.67. The van der Waals surface area contributed by atoms with Crippen molar-refractivity contribution in [2.45, 2.75) is 44.1 Å². The van der Waals surface area contributed by atoms with Crippen molar-refractivity contribution >= 4 is 18.7 Å². The van der Waals surface area contributed by atoms with E-state index in [1.54, 1.807) is 0 Å². The summed E-state index contributed by atoms with van der Waals surface area (Å²) in [4.78, 5) is 0. The molecule has 1 saturated heterocycles. The molecule has 0 unspecified atom stereocenters. The van der Waals surface area contributed by atoms with Crippen molar-refractivity contribution in [1.29, 1.82) is 0 Å². The van der Waals surface area contributed by atoms with E-state index in [2.05, 4.69) is 45.0 Å². The molecule has 140 valence electrons. The van der Waals surface area contributed by atoms with Crippen LogP contribution in [-0.4, -0.2) is 50.1 Å². The summed E-state index contributed by atoms with van der Waals surface area (Å²) in [6, 6.07) is 20.7. The topological polar surface area (TPSA) is 58.9 Å². The lowest BCUT2D eigenvalue weighted by atomic mass is 10.2. The van der Waals surface area contributed by atoms with E-state index in [4.69, 9.17) is 9.16 Å². The first-order chi connectivity index (χ1) is 12.4. The van der Waals surface area contributed by atoms with Crippen molar-refractivity contribution < 1.29 is 19.4 Å². The summed E-state index contributed by atoms with van der Waals surface area (Å²) in [5, 5.41) is 22.2. The highest BCUT2D eigenvalue weighted by atomic mass is 28.4. The molecule has 0 aliphatic carbocycles. The van der Waals surface area contributed by atoms with E-state index in [0.29, 0.717) is 0 Å². The normalized spacial score (nSPS) is 24.0. The minimum Gasteiger partial charge on any atom is -0.405 e. The molecule has 1 heterocycles. The van der Waals surface area contributed by atoms with Crippen LogP contribution in [0, 0.1) is 0 Å². The molecule has 4 nitrogen and oxygen atoms in total. The van der Waals surface area contributed by atoms with Crippen molar-refractivity contribution in [3.8, 4) is 0 Å². The van der Waals surface area contributed by atoms with Crippen molar-refractivity contribution in [2.75, 3.05) is 13.2 Å². The van der Waals surface area contributed by atoms with Gasteiger partial charge in [-0.15, -0.1) is 0 Å². The Morgan fingerprint density at radius 2 is 1.46 bits per heavy atom. The molecule has 1 aliphatic heterocycles. The van der Waals surface area contributed by atoms with Crippen LogP contribution in [0.1, 0.15) is 20.8 Å². The van der Waals surface area contributed by atoms with Gasteiger partial charge in [0, 0.05) is 0 Å². The third-order valence-electron chi connectivity index (χ3n) is 5.14. The minimum absolute atomic E-state index is 0.127. The Kier molecular flexibility index (Phi) is 5.65. The summed E-state index contributed by atoms with van der Waals surface area (Å²) in [6.45, 7) is 7.03. The standard InChI is InChI=1S/C21H28O4Si/c1-21(2,3)26(16-10-6-4-7-11-16,17-12-8-5-9-13-17)25-15-19-20(23)18(22)14-24-19/h4-13,18-20,22-23H,14-15H2,1-3H3/t18-,19+,20+/m0/s1. The second kappa shape index (κ2) is 7.62. The monoisotopic (exact) mass is 372 g/mol. The van der Waals surface area contributed by atoms with Gasteiger partial charge in [0.1, 0.15) is 18.3 Å². The second-order valence-corrected chi connectivity index (χ2v) is 12.2. The predicted molar refractivity (Wildman–Crippen MR) is 105 cm³/mol. The quantitative estimate of drug-likeness (QED) is 0.784. The zero-order valence-electron chi connectivity index (χ0n) is 15.6. The molecule has 0 spiro atoms. The fourth-order valence-corrected chi connectivity index (χ4v) is 8.35. The van der Waals surface area contributed by atoms with Gasteiger partial charge >= 0.3 is 0 Å². The van der Waals surface area contributed by atoms with Gasteiger partial charge in [-0.25, -0.2) is 0 Å². The third kappa shape index (κ3) is 3.50. The molecule has 0 amide bonds. The highest BCUT2D eigenvalue weighted by Crippen LogP contribution is 2.37. The van der Waals surface area contributed by atoms with Crippen molar-refractivity contribution in [1.82, 2.24) is 0 Å². The Balaban J connectivity index is 2.03. The van der Waals surface area contributed by atoms with Gasteiger partial charge in [-0.2, -0.15) is 0 Å². The Bertz CT molecular complexity index is 659. The Morgan fingerprint density at radius 1 is 0.962 bits per heavy atom. The summed E-state index contributed by atoms with van der Waals surface area (Å²) in [5.41, 5.74) is 0. The second-order valence-electron chi connectivity index (χ2n) is 7.90. The van der Waals surface area contributed by atoms with E-state index in [-0.39, 0.29) is 18.3 Å². The summed E-state index contributed by atoms with van der Waals surface area (Å²) in [6.07, 6.45) is -2.26. The largest absolute Gasteiger partial charge is 0.405 e. The van der Waals surface area contributed by atoms with Crippen LogP contribution in [0.4, 0.5) is 0 Å². The number of benzene rings is 2. The minimum atomic E-state index is -2.64. The Morgan fingerprint density at radius 3 is 1.85 bits per heavy atom. The van der Waals surface area contributed by atoms with E-state index >= 15 is 0 Å². The summed E-state index contributed by atoms with van der Waals surface area (Å²) < 4.78 is 12.3. The zero-order chi connectivity index (χ0) is 18.8. The summed E-state index contributed by atoms with van der Waals surface area (Å²) >= 11 is 0. The fourth-order valence-electron chi connectivity index (χ4n) is 3.78. The maximum absolute atomic E-state index is 10.2. The third-order valence-corrected chi connectivity index (χ3v) is 10.1. The number of hydrogen-bond acceptors (Lipinski definition) is 4. The molecule has 3 atom stereocenters. The van der Waals surface area contributed by atoms with Gasteiger partial charge in [-0.05, 0) is 15.4 Å². The molecular formula is C21H28O4Si. The van der Waals surface area contributed by atoms with Crippen LogP contribution >= 0.6 is 0 Å². The Labute approximate surface area is 156 Å². The Hall–Kier alpha value is -1.50. The molecule has 2 aromatic rings. The average Bonchev–Trinajstić information content (AvgIpc) is 2.95. The van der Waals surface area contributed by atoms with Gasteiger partial charge in [0.2, 0.25) is 0 Å². The molecule has 0 bridgehead atoms. The maximum atomic E-state index is 10.2. The van der Waals surface area contributed by atoms with Gasteiger partial charge in [-0.1, -0.05) is 81.4 Å². The van der Waals surface area contributed by atoms with E-state index < -0.39 is 26.6 Å². The molecular weight excluding hydrogens is 344 g/mol. The number of aliphatic hydroxyl groups excluding tert-OH is 2. The van der Waals surface area contributed by atoms with E-state index in [1.807, 2.05) is 36.4 Å². The number of rotatable bonds is 5. The van der Waals surface area contributed by atoms with Crippen LogP contribution in [0.3, 0.4) is 0 Å².